The van der Waals surface area contributed by atoms with Gasteiger partial charge >= 0.3 is 5.97 Å². The molecule has 1 N–H and O–H groups in total. The minimum absolute atomic E-state index is 0.0452. The normalized spacial score (nSPS) is 33.8. The van der Waals surface area contributed by atoms with Crippen LogP contribution in [0.3, 0.4) is 0 Å². The van der Waals surface area contributed by atoms with Crippen molar-refractivity contribution in [2.45, 2.75) is 75.4 Å². The van der Waals surface area contributed by atoms with Gasteiger partial charge in [0.1, 0.15) is 5.54 Å². The lowest BCUT2D eigenvalue weighted by Gasteiger charge is -2.44. The van der Waals surface area contributed by atoms with Crippen molar-refractivity contribution in [2.75, 3.05) is 20.7 Å². The highest BCUT2D eigenvalue weighted by Crippen LogP contribution is 2.36. The Hall–Kier alpha value is -0.610. The van der Waals surface area contributed by atoms with Crippen LogP contribution in [0.5, 0.6) is 0 Å². The molecule has 0 aromatic heterocycles. The highest BCUT2D eigenvalue weighted by atomic mass is 16.5. The molecule has 0 saturated heterocycles. The van der Waals surface area contributed by atoms with Gasteiger partial charge in [0.25, 0.3) is 0 Å². The van der Waals surface area contributed by atoms with Crippen LogP contribution in [0.1, 0.15) is 57.8 Å². The Kier molecular flexibility index (Phi) is 4.55. The van der Waals surface area contributed by atoms with Gasteiger partial charge in [0, 0.05) is 18.6 Å². The third kappa shape index (κ3) is 3.42. The summed E-state index contributed by atoms with van der Waals surface area (Å²) in [6.45, 7) is 1.20. The summed E-state index contributed by atoms with van der Waals surface area (Å²) in [5.74, 6) is 0.844. The molecule has 4 heteroatoms. The summed E-state index contributed by atoms with van der Waals surface area (Å²) in [7, 11) is 3.77. The lowest BCUT2D eigenvalue weighted by molar-refractivity contribution is -0.151. The number of esters is 1. The monoisotopic (exact) mass is 294 g/mol. The van der Waals surface area contributed by atoms with Gasteiger partial charge in [-0.2, -0.15) is 0 Å². The molecular formula is C17H30N2O2. The minimum Gasteiger partial charge on any atom is -0.468 e. The van der Waals surface area contributed by atoms with Gasteiger partial charge in [0.05, 0.1) is 7.11 Å². The number of carbonyl (C=O) groups excluding carboxylic acids is 1. The molecule has 0 amide bonds. The van der Waals surface area contributed by atoms with Crippen LogP contribution < -0.4 is 5.32 Å². The predicted octanol–water partition coefficient (Wildman–Crippen LogP) is 2.32. The smallest absolute Gasteiger partial charge is 0.326 e. The number of nitrogens with one attached hydrogen (secondary N) is 1. The van der Waals surface area contributed by atoms with Crippen LogP contribution in [-0.2, 0) is 9.53 Å². The summed E-state index contributed by atoms with van der Waals surface area (Å²) in [4.78, 5) is 14.9. The SMILES string of the molecule is COC(=O)C1(NC2CC2)CCCC(N(C)CC2CCC2)C1. The standard InChI is InChI=1S/C17H30N2O2/c1-19(12-13-5-3-6-13)15-7-4-10-17(11-15,16(20)21-2)18-14-8-9-14/h13-15,18H,3-12H2,1-2H3. The molecule has 4 nitrogen and oxygen atoms in total. The van der Waals surface area contributed by atoms with E-state index in [1.54, 1.807) is 0 Å². The fraction of sp³-hybridized carbons (Fsp3) is 0.941. The number of rotatable bonds is 6. The molecule has 0 heterocycles. The van der Waals surface area contributed by atoms with Gasteiger partial charge in [-0.25, -0.2) is 0 Å². The molecule has 3 fully saturated rings. The fourth-order valence-corrected chi connectivity index (χ4v) is 4.04. The molecule has 0 aromatic rings. The van der Waals surface area contributed by atoms with E-state index in [0.717, 1.165) is 25.2 Å². The number of hydrogen-bond acceptors (Lipinski definition) is 4. The molecule has 21 heavy (non-hydrogen) atoms. The van der Waals surface area contributed by atoms with E-state index in [9.17, 15) is 4.79 Å². The number of nitrogens with zero attached hydrogens (tertiary/aromatic N) is 1. The third-order valence-electron chi connectivity index (χ3n) is 5.75. The molecule has 2 atom stereocenters. The van der Waals surface area contributed by atoms with E-state index in [1.807, 2.05) is 0 Å². The minimum atomic E-state index is -0.424. The van der Waals surface area contributed by atoms with Crippen molar-refractivity contribution >= 4 is 5.97 Å². The average Bonchev–Trinajstić information content (AvgIpc) is 3.25. The van der Waals surface area contributed by atoms with E-state index in [0.29, 0.717) is 12.1 Å². The Balaban J connectivity index is 1.64. The number of methoxy groups -OCH3 is 1. The van der Waals surface area contributed by atoms with Gasteiger partial charge < -0.3 is 9.64 Å². The zero-order chi connectivity index (χ0) is 14.9. The first-order chi connectivity index (χ1) is 10.1. The second kappa shape index (κ2) is 6.25. The maximum absolute atomic E-state index is 12.4. The topological polar surface area (TPSA) is 41.6 Å². The molecule has 0 aliphatic heterocycles. The lowest BCUT2D eigenvalue weighted by Crippen LogP contribution is -2.59. The van der Waals surface area contributed by atoms with Crippen molar-refractivity contribution in [3.05, 3.63) is 0 Å². The van der Waals surface area contributed by atoms with E-state index in [2.05, 4.69) is 17.3 Å². The van der Waals surface area contributed by atoms with Crippen LogP contribution in [-0.4, -0.2) is 49.2 Å². The average molecular weight is 294 g/mol. The lowest BCUT2D eigenvalue weighted by atomic mass is 9.77. The van der Waals surface area contributed by atoms with Crippen LogP contribution in [0.25, 0.3) is 0 Å². The van der Waals surface area contributed by atoms with E-state index in [1.165, 1.54) is 52.2 Å². The Morgan fingerprint density at radius 1 is 1.24 bits per heavy atom. The molecule has 3 rings (SSSR count). The van der Waals surface area contributed by atoms with Gasteiger partial charge in [0.15, 0.2) is 0 Å². The summed E-state index contributed by atoms with van der Waals surface area (Å²) in [5, 5.41) is 3.62. The van der Waals surface area contributed by atoms with Gasteiger partial charge in [-0.15, -0.1) is 0 Å². The number of carbonyl (C=O) groups is 1. The van der Waals surface area contributed by atoms with Crippen LogP contribution in [0.2, 0.25) is 0 Å². The molecule has 0 bridgehead atoms. The second-order valence-electron chi connectivity index (χ2n) is 7.48. The Bertz CT molecular complexity index is 379. The number of hydrogen-bond donors (Lipinski definition) is 1. The summed E-state index contributed by atoms with van der Waals surface area (Å²) in [6, 6.07) is 1.06. The molecular weight excluding hydrogens is 264 g/mol. The molecule has 3 aliphatic carbocycles. The van der Waals surface area contributed by atoms with Crippen molar-refractivity contribution < 1.29 is 9.53 Å². The van der Waals surface area contributed by atoms with Gasteiger partial charge in [-0.3, -0.25) is 10.1 Å². The molecule has 2 unspecified atom stereocenters. The van der Waals surface area contributed by atoms with Gasteiger partial charge in [-0.05, 0) is 64.3 Å². The zero-order valence-electron chi connectivity index (χ0n) is 13.6. The largest absolute Gasteiger partial charge is 0.468 e. The zero-order valence-corrected chi connectivity index (χ0v) is 13.6. The molecule has 3 saturated carbocycles. The van der Waals surface area contributed by atoms with Crippen LogP contribution in [0.4, 0.5) is 0 Å². The highest BCUT2D eigenvalue weighted by Gasteiger charge is 2.47. The van der Waals surface area contributed by atoms with E-state index >= 15 is 0 Å². The van der Waals surface area contributed by atoms with Crippen molar-refractivity contribution in [1.29, 1.82) is 0 Å². The molecule has 120 valence electrons. The van der Waals surface area contributed by atoms with Crippen LogP contribution >= 0.6 is 0 Å². The first-order valence-electron chi connectivity index (χ1n) is 8.69. The van der Waals surface area contributed by atoms with E-state index in [4.69, 9.17) is 4.74 Å². The molecule has 0 radical (unpaired) electrons. The molecule has 0 aromatic carbocycles. The van der Waals surface area contributed by atoms with Crippen LogP contribution in [0.15, 0.2) is 0 Å². The predicted molar refractivity (Wildman–Crippen MR) is 83.1 cm³/mol. The number of ether oxygens (including phenoxy) is 1. The molecule has 0 spiro atoms. The quantitative estimate of drug-likeness (QED) is 0.763. The summed E-state index contributed by atoms with van der Waals surface area (Å²) >= 11 is 0. The van der Waals surface area contributed by atoms with Crippen molar-refractivity contribution in [2.24, 2.45) is 5.92 Å². The first-order valence-corrected chi connectivity index (χ1v) is 8.69. The second-order valence-corrected chi connectivity index (χ2v) is 7.48. The van der Waals surface area contributed by atoms with Crippen molar-refractivity contribution in [1.82, 2.24) is 10.2 Å². The Morgan fingerprint density at radius 3 is 2.57 bits per heavy atom. The van der Waals surface area contributed by atoms with Gasteiger partial charge in [0.2, 0.25) is 0 Å². The summed E-state index contributed by atoms with van der Waals surface area (Å²) in [6.07, 6.45) is 10.8. The fourth-order valence-electron chi connectivity index (χ4n) is 4.04. The maximum atomic E-state index is 12.4. The summed E-state index contributed by atoms with van der Waals surface area (Å²) < 4.78 is 5.14. The Morgan fingerprint density at radius 2 is 2.00 bits per heavy atom. The summed E-state index contributed by atoms with van der Waals surface area (Å²) in [5.41, 5.74) is -0.424. The highest BCUT2D eigenvalue weighted by molar-refractivity contribution is 5.81. The van der Waals surface area contributed by atoms with Crippen LogP contribution in [0, 0.1) is 5.92 Å². The van der Waals surface area contributed by atoms with E-state index < -0.39 is 5.54 Å². The third-order valence-corrected chi connectivity index (χ3v) is 5.75. The first kappa shape index (κ1) is 15.3. The Labute approximate surface area is 128 Å². The maximum Gasteiger partial charge on any atom is 0.326 e. The van der Waals surface area contributed by atoms with Crippen molar-refractivity contribution in [3.63, 3.8) is 0 Å². The van der Waals surface area contributed by atoms with Gasteiger partial charge in [-0.1, -0.05) is 6.42 Å². The van der Waals surface area contributed by atoms with E-state index in [-0.39, 0.29) is 5.97 Å². The van der Waals surface area contributed by atoms with Crippen molar-refractivity contribution in [3.8, 4) is 0 Å². The molecule has 3 aliphatic rings.